The molecular weight excluding hydrogens is 369 g/mol. The Morgan fingerprint density at radius 3 is 2.93 bits per heavy atom. The number of para-hydroxylation sites is 1. The quantitative estimate of drug-likeness (QED) is 0.799. The number of nitrogens with zero attached hydrogens (tertiary/aromatic N) is 1. The highest BCUT2D eigenvalue weighted by molar-refractivity contribution is 7.99. The van der Waals surface area contributed by atoms with E-state index < -0.39 is 5.82 Å². The molecule has 2 aliphatic rings. The van der Waals surface area contributed by atoms with Gasteiger partial charge in [-0.05, 0) is 36.2 Å². The summed E-state index contributed by atoms with van der Waals surface area (Å²) < 4.78 is 29.8. The fraction of sp³-hybridized carbons (Fsp3) is 0.350. The Balaban J connectivity index is 1.34. The molecule has 0 bridgehead atoms. The van der Waals surface area contributed by atoms with E-state index in [0.717, 1.165) is 23.7 Å². The van der Waals surface area contributed by atoms with Crippen molar-refractivity contribution in [1.82, 2.24) is 4.90 Å². The summed E-state index contributed by atoms with van der Waals surface area (Å²) in [6, 6.07) is 12.1. The summed E-state index contributed by atoms with van der Waals surface area (Å²) in [7, 11) is 0. The molecule has 2 heterocycles. The number of carbonyl (C=O) groups is 1. The van der Waals surface area contributed by atoms with Crippen molar-refractivity contribution in [2.24, 2.45) is 0 Å². The van der Waals surface area contributed by atoms with Gasteiger partial charge in [0.1, 0.15) is 0 Å². The summed E-state index contributed by atoms with van der Waals surface area (Å²) in [6.45, 7) is 1.41. The van der Waals surface area contributed by atoms with E-state index >= 15 is 0 Å². The normalized spacial score (nSPS) is 18.9. The van der Waals surface area contributed by atoms with Gasteiger partial charge in [-0.1, -0.05) is 18.2 Å². The van der Waals surface area contributed by atoms with Crippen LogP contribution in [0.1, 0.15) is 17.2 Å². The van der Waals surface area contributed by atoms with Crippen molar-refractivity contribution in [3.05, 3.63) is 53.8 Å². The van der Waals surface area contributed by atoms with Crippen molar-refractivity contribution < 1.29 is 23.4 Å². The Bertz CT molecular complexity index is 831. The molecule has 142 valence electrons. The van der Waals surface area contributed by atoms with E-state index in [1.165, 1.54) is 17.7 Å². The van der Waals surface area contributed by atoms with Crippen LogP contribution in [0.25, 0.3) is 0 Å². The fourth-order valence-corrected chi connectivity index (χ4v) is 4.41. The van der Waals surface area contributed by atoms with Crippen LogP contribution < -0.4 is 14.2 Å². The largest absolute Gasteiger partial charge is 0.481 e. The Morgan fingerprint density at radius 2 is 2.04 bits per heavy atom. The number of benzene rings is 2. The van der Waals surface area contributed by atoms with Crippen LogP contribution >= 0.6 is 11.8 Å². The minimum atomic E-state index is -0.459. The van der Waals surface area contributed by atoms with Crippen LogP contribution in [0.4, 0.5) is 4.39 Å². The van der Waals surface area contributed by atoms with Gasteiger partial charge < -0.3 is 19.1 Å². The molecule has 4 rings (SSSR count). The summed E-state index contributed by atoms with van der Waals surface area (Å²) in [5.74, 6) is 1.92. The van der Waals surface area contributed by atoms with E-state index in [-0.39, 0.29) is 25.1 Å². The highest BCUT2D eigenvalue weighted by Crippen LogP contribution is 2.40. The summed E-state index contributed by atoms with van der Waals surface area (Å²) >= 11 is 1.83. The van der Waals surface area contributed by atoms with Crippen LogP contribution in [0.3, 0.4) is 0 Å². The van der Waals surface area contributed by atoms with Crippen LogP contribution in [0.5, 0.6) is 17.2 Å². The van der Waals surface area contributed by atoms with Gasteiger partial charge in [0.2, 0.25) is 6.79 Å². The topological polar surface area (TPSA) is 48.0 Å². The third-order valence-corrected chi connectivity index (χ3v) is 5.98. The van der Waals surface area contributed by atoms with E-state index in [2.05, 4.69) is 6.07 Å². The lowest BCUT2D eigenvalue weighted by atomic mass is 10.1. The predicted molar refractivity (Wildman–Crippen MR) is 101 cm³/mol. The Kier molecular flexibility index (Phi) is 5.38. The number of rotatable bonds is 4. The number of ether oxygens (including phenoxy) is 3. The van der Waals surface area contributed by atoms with Gasteiger partial charge in [-0.25, -0.2) is 4.39 Å². The zero-order chi connectivity index (χ0) is 18.6. The number of amides is 1. The summed E-state index contributed by atoms with van der Waals surface area (Å²) in [4.78, 5) is 14.3. The van der Waals surface area contributed by atoms with Crippen molar-refractivity contribution in [3.8, 4) is 17.2 Å². The number of carbonyl (C=O) groups excluding carboxylic acids is 1. The van der Waals surface area contributed by atoms with Gasteiger partial charge in [0.15, 0.2) is 29.7 Å². The van der Waals surface area contributed by atoms with Crippen LogP contribution in [0.15, 0.2) is 42.5 Å². The van der Waals surface area contributed by atoms with Crippen molar-refractivity contribution in [3.63, 3.8) is 0 Å². The lowest BCUT2D eigenvalue weighted by Crippen LogP contribution is -2.36. The van der Waals surface area contributed by atoms with Gasteiger partial charge in [-0.2, -0.15) is 11.8 Å². The van der Waals surface area contributed by atoms with Crippen LogP contribution in [0.2, 0.25) is 0 Å². The zero-order valence-electron chi connectivity index (χ0n) is 14.7. The Morgan fingerprint density at radius 1 is 1.19 bits per heavy atom. The number of hydrogen-bond donors (Lipinski definition) is 0. The number of fused-ring (bicyclic) bond motifs is 1. The number of thioether (sulfide) groups is 1. The van der Waals surface area contributed by atoms with Gasteiger partial charge >= 0.3 is 0 Å². The average Bonchev–Trinajstić information content (AvgIpc) is 3.01. The van der Waals surface area contributed by atoms with Crippen LogP contribution in [-0.4, -0.2) is 43.0 Å². The first-order valence-corrected chi connectivity index (χ1v) is 9.92. The first-order valence-electron chi connectivity index (χ1n) is 8.87. The average molecular weight is 389 g/mol. The predicted octanol–water partition coefficient (Wildman–Crippen LogP) is 3.64. The molecule has 1 amide bonds. The SMILES string of the molecule is O=C(COc1ccccc1F)N1CCS[C@H](c2ccc3c(c2)OCO3)CC1. The Labute approximate surface area is 161 Å². The van der Waals surface area contributed by atoms with Crippen molar-refractivity contribution in [2.45, 2.75) is 11.7 Å². The monoisotopic (exact) mass is 389 g/mol. The smallest absolute Gasteiger partial charge is 0.260 e. The fourth-order valence-electron chi connectivity index (χ4n) is 3.19. The molecule has 0 unspecified atom stereocenters. The molecule has 0 radical (unpaired) electrons. The van der Waals surface area contributed by atoms with Crippen LogP contribution in [-0.2, 0) is 4.79 Å². The minimum Gasteiger partial charge on any atom is -0.481 e. The molecule has 0 aliphatic carbocycles. The van der Waals surface area contributed by atoms with E-state index in [9.17, 15) is 9.18 Å². The maximum Gasteiger partial charge on any atom is 0.260 e. The molecule has 1 fully saturated rings. The second-order valence-corrected chi connectivity index (χ2v) is 7.67. The van der Waals surface area contributed by atoms with E-state index in [1.807, 2.05) is 23.9 Å². The van der Waals surface area contributed by atoms with Crippen molar-refractivity contribution in [1.29, 1.82) is 0 Å². The van der Waals surface area contributed by atoms with E-state index in [0.29, 0.717) is 18.3 Å². The lowest BCUT2D eigenvalue weighted by molar-refractivity contribution is -0.133. The van der Waals surface area contributed by atoms with E-state index in [1.54, 1.807) is 17.0 Å². The summed E-state index contributed by atoms with van der Waals surface area (Å²) in [5, 5.41) is 0.296. The second-order valence-electron chi connectivity index (χ2n) is 6.36. The molecule has 1 saturated heterocycles. The van der Waals surface area contributed by atoms with Gasteiger partial charge in [-0.15, -0.1) is 0 Å². The standard InChI is InChI=1S/C20H20FNO4S/c21-15-3-1-2-4-16(15)24-12-20(23)22-8-7-19(27-10-9-22)14-5-6-17-18(11-14)26-13-25-17/h1-6,11,19H,7-10,12-13H2/t19-/m0/s1. The third-order valence-electron chi connectivity index (χ3n) is 4.65. The number of hydrogen-bond acceptors (Lipinski definition) is 5. The highest BCUT2D eigenvalue weighted by Gasteiger charge is 2.24. The maximum atomic E-state index is 13.6. The molecule has 0 N–H and O–H groups in total. The second kappa shape index (κ2) is 8.08. The lowest BCUT2D eigenvalue weighted by Gasteiger charge is -2.20. The highest BCUT2D eigenvalue weighted by atomic mass is 32.2. The van der Waals surface area contributed by atoms with Gasteiger partial charge in [0, 0.05) is 24.1 Å². The van der Waals surface area contributed by atoms with Gasteiger partial charge in [-0.3, -0.25) is 4.79 Å². The number of halogens is 1. The maximum absolute atomic E-state index is 13.6. The van der Waals surface area contributed by atoms with Crippen molar-refractivity contribution >= 4 is 17.7 Å². The molecule has 2 aromatic rings. The molecule has 27 heavy (non-hydrogen) atoms. The molecule has 0 aromatic heterocycles. The van der Waals surface area contributed by atoms with Gasteiger partial charge in [0.05, 0.1) is 0 Å². The summed E-state index contributed by atoms with van der Waals surface area (Å²) in [5.41, 5.74) is 1.18. The minimum absolute atomic E-state index is 0.105. The molecule has 7 heteroatoms. The van der Waals surface area contributed by atoms with Crippen molar-refractivity contribution in [2.75, 3.05) is 32.2 Å². The first kappa shape index (κ1) is 18.0. The molecule has 0 spiro atoms. The molecule has 0 saturated carbocycles. The van der Waals surface area contributed by atoms with E-state index in [4.69, 9.17) is 14.2 Å². The summed E-state index contributed by atoms with van der Waals surface area (Å²) in [6.07, 6.45) is 0.843. The molecule has 2 aliphatic heterocycles. The first-order chi connectivity index (χ1) is 13.2. The molecule has 2 aromatic carbocycles. The molecule has 5 nitrogen and oxygen atoms in total. The zero-order valence-corrected chi connectivity index (χ0v) is 15.5. The van der Waals surface area contributed by atoms with Gasteiger partial charge in [0.25, 0.3) is 5.91 Å². The molecular formula is C20H20FNO4S. The molecule has 1 atom stereocenters. The third kappa shape index (κ3) is 4.13. The van der Waals surface area contributed by atoms with Crippen LogP contribution in [0, 0.1) is 5.82 Å². The Hall–Kier alpha value is -2.41.